The summed E-state index contributed by atoms with van der Waals surface area (Å²) in [6.07, 6.45) is 1.61. The highest BCUT2D eigenvalue weighted by Crippen LogP contribution is 2.29. The average molecular weight is 326 g/mol. The van der Waals surface area contributed by atoms with E-state index in [0.717, 1.165) is 5.56 Å². The van der Waals surface area contributed by atoms with Gasteiger partial charge in [-0.05, 0) is 44.4 Å². The van der Waals surface area contributed by atoms with Crippen LogP contribution in [0.4, 0.5) is 5.69 Å². The van der Waals surface area contributed by atoms with E-state index in [0.29, 0.717) is 18.5 Å². The zero-order valence-corrected chi connectivity index (χ0v) is 13.6. The fourth-order valence-corrected chi connectivity index (χ4v) is 3.35. The average Bonchev–Trinajstić information content (AvgIpc) is 3.25. The first-order valence-electron chi connectivity index (χ1n) is 7.24. The number of benzene rings is 1. The fraction of sp³-hybridized carbons (Fsp3) is 0.533. The molecule has 1 amide bonds. The van der Waals surface area contributed by atoms with Crippen molar-refractivity contribution in [1.82, 2.24) is 5.32 Å². The van der Waals surface area contributed by atoms with Crippen LogP contribution in [0.25, 0.3) is 0 Å². The number of amides is 1. The predicted molar refractivity (Wildman–Crippen MR) is 85.0 cm³/mol. The third-order valence-electron chi connectivity index (χ3n) is 3.42. The van der Waals surface area contributed by atoms with E-state index in [2.05, 4.69) is 10.0 Å². The molecule has 0 atom stereocenters. The SMILES string of the molecule is CC(C)(CO)NC(=O)Cc1ccc(NS(=O)(=O)C2CC2)cc1. The van der Waals surface area contributed by atoms with Crippen molar-refractivity contribution >= 4 is 21.6 Å². The monoisotopic (exact) mass is 326 g/mol. The van der Waals surface area contributed by atoms with Crippen LogP contribution in [0.1, 0.15) is 32.3 Å². The molecule has 2 rings (SSSR count). The molecule has 122 valence electrons. The second-order valence-electron chi connectivity index (χ2n) is 6.31. The summed E-state index contributed by atoms with van der Waals surface area (Å²) in [4.78, 5) is 11.9. The maximum absolute atomic E-state index is 11.9. The molecular weight excluding hydrogens is 304 g/mol. The van der Waals surface area contributed by atoms with Crippen LogP contribution in [-0.2, 0) is 21.2 Å². The van der Waals surface area contributed by atoms with Crippen LogP contribution in [0.2, 0.25) is 0 Å². The molecule has 7 heteroatoms. The fourth-order valence-electron chi connectivity index (χ4n) is 1.96. The van der Waals surface area contributed by atoms with Gasteiger partial charge in [0, 0.05) is 5.69 Å². The van der Waals surface area contributed by atoms with Crippen LogP contribution in [0.5, 0.6) is 0 Å². The molecule has 1 fully saturated rings. The summed E-state index contributed by atoms with van der Waals surface area (Å²) >= 11 is 0. The first kappa shape index (κ1) is 16.8. The summed E-state index contributed by atoms with van der Waals surface area (Å²) in [5.41, 5.74) is 0.629. The van der Waals surface area contributed by atoms with Crippen molar-refractivity contribution in [3.63, 3.8) is 0 Å². The van der Waals surface area contributed by atoms with Crippen molar-refractivity contribution in [1.29, 1.82) is 0 Å². The van der Waals surface area contributed by atoms with Gasteiger partial charge < -0.3 is 10.4 Å². The minimum Gasteiger partial charge on any atom is -0.394 e. The number of carbonyl (C=O) groups is 1. The van der Waals surface area contributed by atoms with Crippen molar-refractivity contribution < 1.29 is 18.3 Å². The quantitative estimate of drug-likeness (QED) is 0.697. The highest BCUT2D eigenvalue weighted by atomic mass is 32.2. The molecule has 0 radical (unpaired) electrons. The highest BCUT2D eigenvalue weighted by molar-refractivity contribution is 7.93. The molecule has 0 saturated heterocycles. The van der Waals surface area contributed by atoms with Gasteiger partial charge in [0.2, 0.25) is 15.9 Å². The van der Waals surface area contributed by atoms with Crippen molar-refractivity contribution in [2.45, 2.75) is 43.9 Å². The van der Waals surface area contributed by atoms with Gasteiger partial charge in [-0.2, -0.15) is 0 Å². The number of aliphatic hydroxyl groups is 1. The van der Waals surface area contributed by atoms with Gasteiger partial charge in [0.15, 0.2) is 0 Å². The largest absolute Gasteiger partial charge is 0.394 e. The van der Waals surface area contributed by atoms with Gasteiger partial charge in [-0.3, -0.25) is 9.52 Å². The molecule has 1 aliphatic rings. The number of hydrogen-bond acceptors (Lipinski definition) is 4. The summed E-state index contributed by atoms with van der Waals surface area (Å²) < 4.78 is 26.2. The van der Waals surface area contributed by atoms with Gasteiger partial charge in [-0.1, -0.05) is 12.1 Å². The zero-order valence-electron chi connectivity index (χ0n) is 12.8. The smallest absolute Gasteiger partial charge is 0.235 e. The number of rotatable bonds is 7. The van der Waals surface area contributed by atoms with Crippen LogP contribution in [0.15, 0.2) is 24.3 Å². The lowest BCUT2D eigenvalue weighted by Crippen LogP contribution is -2.46. The highest BCUT2D eigenvalue weighted by Gasteiger charge is 2.35. The number of anilines is 1. The molecule has 1 aliphatic carbocycles. The van der Waals surface area contributed by atoms with E-state index in [-0.39, 0.29) is 24.2 Å². The summed E-state index contributed by atoms with van der Waals surface area (Å²) in [6, 6.07) is 6.74. The molecule has 0 spiro atoms. The van der Waals surface area contributed by atoms with Crippen molar-refractivity contribution in [2.75, 3.05) is 11.3 Å². The summed E-state index contributed by atoms with van der Waals surface area (Å²) in [7, 11) is -3.26. The van der Waals surface area contributed by atoms with Gasteiger partial charge in [-0.25, -0.2) is 8.42 Å². The van der Waals surface area contributed by atoms with Crippen LogP contribution in [0, 0.1) is 0 Å². The van der Waals surface area contributed by atoms with Crippen molar-refractivity contribution in [3.8, 4) is 0 Å². The number of carbonyl (C=O) groups excluding carboxylic acids is 1. The van der Waals surface area contributed by atoms with Gasteiger partial charge in [0.1, 0.15) is 0 Å². The van der Waals surface area contributed by atoms with Crippen molar-refractivity contribution in [3.05, 3.63) is 29.8 Å². The lowest BCUT2D eigenvalue weighted by atomic mass is 10.1. The normalized spacial score (nSPS) is 15.4. The van der Waals surface area contributed by atoms with E-state index in [1.165, 1.54) is 0 Å². The Labute approximate surface area is 131 Å². The Morgan fingerprint density at radius 3 is 2.36 bits per heavy atom. The van der Waals surface area contributed by atoms with E-state index >= 15 is 0 Å². The third kappa shape index (κ3) is 4.71. The lowest BCUT2D eigenvalue weighted by molar-refractivity contribution is -0.122. The molecule has 0 unspecified atom stereocenters. The standard InChI is InChI=1S/C15H22N2O4S/c1-15(2,10-18)16-14(19)9-11-3-5-12(6-4-11)17-22(20,21)13-7-8-13/h3-6,13,17-18H,7-10H2,1-2H3,(H,16,19). The molecule has 1 aromatic carbocycles. The number of hydrogen-bond donors (Lipinski definition) is 3. The first-order chi connectivity index (χ1) is 10.2. The van der Waals surface area contributed by atoms with Crippen LogP contribution in [0.3, 0.4) is 0 Å². The Hall–Kier alpha value is -1.60. The van der Waals surface area contributed by atoms with Gasteiger partial charge >= 0.3 is 0 Å². The predicted octanol–water partition coefficient (Wildman–Crippen LogP) is 1.02. The maximum Gasteiger partial charge on any atom is 0.235 e. The molecule has 1 saturated carbocycles. The van der Waals surface area contributed by atoms with Crippen molar-refractivity contribution in [2.24, 2.45) is 0 Å². The molecule has 3 N–H and O–H groups in total. The second-order valence-corrected chi connectivity index (χ2v) is 8.27. The van der Waals surface area contributed by atoms with E-state index in [4.69, 9.17) is 5.11 Å². The Bertz CT molecular complexity index is 634. The number of nitrogens with one attached hydrogen (secondary N) is 2. The summed E-state index contributed by atoms with van der Waals surface area (Å²) in [5, 5.41) is 11.6. The number of sulfonamides is 1. The second kappa shape index (κ2) is 6.26. The van der Waals surface area contributed by atoms with Gasteiger partial charge in [0.05, 0.1) is 23.8 Å². The molecule has 0 aromatic heterocycles. The first-order valence-corrected chi connectivity index (χ1v) is 8.79. The van der Waals surface area contributed by atoms with Crippen LogP contribution < -0.4 is 10.0 Å². The minimum atomic E-state index is -3.26. The van der Waals surface area contributed by atoms with Crippen LogP contribution in [-0.4, -0.2) is 36.8 Å². The molecule has 0 heterocycles. The lowest BCUT2D eigenvalue weighted by Gasteiger charge is -2.23. The van der Waals surface area contributed by atoms with E-state index in [9.17, 15) is 13.2 Å². The Balaban J connectivity index is 1.93. The summed E-state index contributed by atoms with van der Waals surface area (Å²) in [6.45, 7) is 3.34. The summed E-state index contributed by atoms with van der Waals surface area (Å²) in [5.74, 6) is -0.189. The topological polar surface area (TPSA) is 95.5 Å². The molecule has 22 heavy (non-hydrogen) atoms. The van der Waals surface area contributed by atoms with Crippen LogP contribution >= 0.6 is 0 Å². The maximum atomic E-state index is 11.9. The third-order valence-corrected chi connectivity index (χ3v) is 5.28. The van der Waals surface area contributed by atoms with E-state index in [1.54, 1.807) is 38.1 Å². The van der Waals surface area contributed by atoms with Gasteiger partial charge in [0.25, 0.3) is 0 Å². The Kier molecular flexibility index (Phi) is 4.77. The minimum absolute atomic E-state index is 0.138. The molecule has 6 nitrogen and oxygen atoms in total. The zero-order chi connectivity index (χ0) is 16.4. The molecule has 0 aliphatic heterocycles. The Morgan fingerprint density at radius 1 is 1.27 bits per heavy atom. The van der Waals surface area contributed by atoms with E-state index in [1.807, 2.05) is 0 Å². The number of aliphatic hydroxyl groups excluding tert-OH is 1. The molecular formula is C15H22N2O4S. The molecule has 0 bridgehead atoms. The van der Waals surface area contributed by atoms with E-state index < -0.39 is 15.6 Å². The molecule has 1 aromatic rings. The van der Waals surface area contributed by atoms with Gasteiger partial charge in [-0.15, -0.1) is 0 Å². The Morgan fingerprint density at radius 2 is 1.86 bits per heavy atom.